The summed E-state index contributed by atoms with van der Waals surface area (Å²) >= 11 is 5.93. The molecular formula is C16H12ClNO4S. The lowest BCUT2D eigenvalue weighted by molar-refractivity contribution is 0.0472. The molecule has 0 aliphatic carbocycles. The maximum absolute atomic E-state index is 12.1. The van der Waals surface area contributed by atoms with Crippen molar-refractivity contribution in [1.82, 2.24) is 0 Å². The molecule has 23 heavy (non-hydrogen) atoms. The lowest BCUT2D eigenvalue weighted by atomic mass is 10.1. The van der Waals surface area contributed by atoms with Crippen molar-refractivity contribution in [3.05, 3.63) is 64.2 Å². The van der Waals surface area contributed by atoms with Crippen molar-refractivity contribution >= 4 is 27.4 Å². The summed E-state index contributed by atoms with van der Waals surface area (Å²) in [5, 5.41) is 8.83. The number of ether oxygens (including phenoxy) is 1. The van der Waals surface area contributed by atoms with E-state index in [4.69, 9.17) is 21.6 Å². The fourth-order valence-corrected chi connectivity index (χ4v) is 2.64. The normalized spacial score (nSPS) is 10.8. The van der Waals surface area contributed by atoms with Gasteiger partial charge >= 0.3 is 5.97 Å². The molecule has 0 N–H and O–H groups in total. The highest BCUT2D eigenvalue weighted by atomic mass is 35.5. The fourth-order valence-electron chi connectivity index (χ4n) is 1.79. The Balaban J connectivity index is 2.15. The first-order chi connectivity index (χ1) is 10.8. The van der Waals surface area contributed by atoms with Gasteiger partial charge < -0.3 is 4.74 Å². The van der Waals surface area contributed by atoms with Gasteiger partial charge in [0.1, 0.15) is 6.61 Å². The molecule has 0 aliphatic rings. The highest BCUT2D eigenvalue weighted by molar-refractivity contribution is 7.90. The Kier molecular flexibility index (Phi) is 5.04. The lowest BCUT2D eigenvalue weighted by Crippen LogP contribution is -2.08. The second-order valence-electron chi connectivity index (χ2n) is 4.80. The van der Waals surface area contributed by atoms with E-state index < -0.39 is 15.8 Å². The van der Waals surface area contributed by atoms with E-state index in [1.54, 1.807) is 24.3 Å². The Morgan fingerprint density at radius 3 is 2.43 bits per heavy atom. The number of sulfone groups is 1. The molecule has 0 aliphatic heterocycles. The van der Waals surface area contributed by atoms with E-state index in [0.717, 1.165) is 6.26 Å². The number of nitrogens with zero attached hydrogens (tertiary/aromatic N) is 1. The number of benzene rings is 2. The molecule has 2 aromatic rings. The standard InChI is InChI=1S/C16H12ClNO4S/c1-23(20,21)13-6-7-15(17)14(8-13)16(19)22-10-12-4-2-11(9-18)3-5-12/h2-8H,10H2,1H3. The first-order valence-electron chi connectivity index (χ1n) is 6.47. The zero-order valence-electron chi connectivity index (χ0n) is 12.1. The van der Waals surface area contributed by atoms with Crippen molar-refractivity contribution in [1.29, 1.82) is 5.26 Å². The predicted octanol–water partition coefficient (Wildman–Crippen LogP) is 2.97. The Labute approximate surface area is 139 Å². The molecule has 118 valence electrons. The van der Waals surface area contributed by atoms with Gasteiger partial charge in [0.15, 0.2) is 9.84 Å². The molecule has 0 bridgehead atoms. The zero-order chi connectivity index (χ0) is 17.0. The van der Waals surface area contributed by atoms with Crippen molar-refractivity contribution < 1.29 is 17.9 Å². The summed E-state index contributed by atoms with van der Waals surface area (Å²) in [5.74, 6) is -0.718. The molecule has 0 radical (unpaired) electrons. The monoisotopic (exact) mass is 349 g/mol. The molecule has 0 spiro atoms. The van der Waals surface area contributed by atoms with Gasteiger partial charge in [-0.3, -0.25) is 0 Å². The van der Waals surface area contributed by atoms with Gasteiger partial charge in [0.2, 0.25) is 0 Å². The number of nitriles is 1. The van der Waals surface area contributed by atoms with Crippen LogP contribution in [0.3, 0.4) is 0 Å². The van der Waals surface area contributed by atoms with Crippen molar-refractivity contribution in [2.24, 2.45) is 0 Å². The van der Waals surface area contributed by atoms with E-state index in [1.807, 2.05) is 6.07 Å². The SMILES string of the molecule is CS(=O)(=O)c1ccc(Cl)c(C(=O)OCc2ccc(C#N)cc2)c1. The maximum Gasteiger partial charge on any atom is 0.340 e. The summed E-state index contributed by atoms with van der Waals surface area (Å²) in [6.45, 7) is -0.00995. The number of rotatable bonds is 4. The molecule has 0 unspecified atom stereocenters. The van der Waals surface area contributed by atoms with Gasteiger partial charge in [-0.1, -0.05) is 23.7 Å². The average molecular weight is 350 g/mol. The van der Waals surface area contributed by atoms with E-state index in [-0.39, 0.29) is 22.1 Å². The van der Waals surface area contributed by atoms with E-state index in [2.05, 4.69) is 0 Å². The van der Waals surface area contributed by atoms with Gasteiger partial charge in [0.25, 0.3) is 0 Å². The van der Waals surface area contributed by atoms with Gasteiger partial charge in [-0.15, -0.1) is 0 Å². The van der Waals surface area contributed by atoms with Gasteiger partial charge in [0, 0.05) is 6.26 Å². The summed E-state index contributed by atoms with van der Waals surface area (Å²) in [6.07, 6.45) is 1.04. The molecule has 5 nitrogen and oxygen atoms in total. The van der Waals surface area contributed by atoms with Crippen LogP contribution in [0.15, 0.2) is 47.4 Å². The minimum atomic E-state index is -3.45. The van der Waals surface area contributed by atoms with Crippen LogP contribution in [0, 0.1) is 11.3 Å². The summed E-state index contributed by atoms with van der Waals surface area (Å²) < 4.78 is 28.2. The van der Waals surface area contributed by atoms with Crippen LogP contribution in [0.4, 0.5) is 0 Å². The molecule has 0 amide bonds. The Hall–Kier alpha value is -2.36. The van der Waals surface area contributed by atoms with Crippen molar-refractivity contribution in [2.75, 3.05) is 6.26 Å². The Bertz CT molecular complexity index is 883. The summed E-state index contributed by atoms with van der Waals surface area (Å²) in [5.41, 5.74) is 1.19. The highest BCUT2D eigenvalue weighted by Gasteiger charge is 2.16. The van der Waals surface area contributed by atoms with Crippen molar-refractivity contribution in [3.63, 3.8) is 0 Å². The third kappa shape index (κ3) is 4.31. The Morgan fingerprint density at radius 2 is 1.87 bits per heavy atom. The minimum Gasteiger partial charge on any atom is -0.457 e. The van der Waals surface area contributed by atoms with Crippen LogP contribution in [0.5, 0.6) is 0 Å². The number of hydrogen-bond donors (Lipinski definition) is 0. The number of carbonyl (C=O) groups excluding carboxylic acids is 1. The molecule has 0 saturated carbocycles. The summed E-state index contributed by atoms with van der Waals surface area (Å²) in [6, 6.07) is 12.4. The molecule has 0 aromatic heterocycles. The number of esters is 1. The van der Waals surface area contributed by atoms with E-state index >= 15 is 0 Å². The number of carbonyl (C=O) groups is 1. The molecule has 0 heterocycles. The molecular weight excluding hydrogens is 338 g/mol. The van der Waals surface area contributed by atoms with Crippen LogP contribution in [-0.4, -0.2) is 20.6 Å². The quantitative estimate of drug-likeness (QED) is 0.792. The van der Waals surface area contributed by atoms with E-state index in [1.165, 1.54) is 18.2 Å². The van der Waals surface area contributed by atoms with Crippen LogP contribution in [0.25, 0.3) is 0 Å². The summed E-state index contributed by atoms with van der Waals surface area (Å²) in [4.78, 5) is 12.1. The molecule has 0 atom stereocenters. The predicted molar refractivity (Wildman–Crippen MR) is 84.8 cm³/mol. The van der Waals surface area contributed by atoms with Gasteiger partial charge in [-0.25, -0.2) is 13.2 Å². The van der Waals surface area contributed by atoms with Gasteiger partial charge in [-0.2, -0.15) is 5.26 Å². The molecule has 0 fully saturated rings. The molecule has 0 saturated heterocycles. The molecule has 7 heteroatoms. The highest BCUT2D eigenvalue weighted by Crippen LogP contribution is 2.22. The third-order valence-corrected chi connectivity index (χ3v) is 4.48. The molecule has 2 rings (SSSR count). The number of hydrogen-bond acceptors (Lipinski definition) is 5. The zero-order valence-corrected chi connectivity index (χ0v) is 13.7. The lowest BCUT2D eigenvalue weighted by Gasteiger charge is -2.08. The van der Waals surface area contributed by atoms with Gasteiger partial charge in [-0.05, 0) is 35.9 Å². The second kappa shape index (κ2) is 6.82. The van der Waals surface area contributed by atoms with Crippen molar-refractivity contribution in [2.45, 2.75) is 11.5 Å². The maximum atomic E-state index is 12.1. The summed E-state index contributed by atoms with van der Waals surface area (Å²) in [7, 11) is -3.45. The van der Waals surface area contributed by atoms with Crippen LogP contribution in [0.2, 0.25) is 5.02 Å². The average Bonchev–Trinajstić information content (AvgIpc) is 2.52. The topological polar surface area (TPSA) is 84.2 Å². The van der Waals surface area contributed by atoms with Crippen LogP contribution < -0.4 is 0 Å². The second-order valence-corrected chi connectivity index (χ2v) is 7.22. The smallest absolute Gasteiger partial charge is 0.340 e. The largest absolute Gasteiger partial charge is 0.457 e. The van der Waals surface area contributed by atoms with E-state index in [9.17, 15) is 13.2 Å². The molecule has 2 aromatic carbocycles. The van der Waals surface area contributed by atoms with Crippen LogP contribution >= 0.6 is 11.6 Å². The van der Waals surface area contributed by atoms with Crippen LogP contribution in [-0.2, 0) is 21.2 Å². The van der Waals surface area contributed by atoms with Crippen molar-refractivity contribution in [3.8, 4) is 6.07 Å². The minimum absolute atomic E-state index is 0.00720. The van der Waals surface area contributed by atoms with Gasteiger partial charge in [0.05, 0.1) is 27.1 Å². The number of halogens is 1. The Morgan fingerprint density at radius 1 is 1.22 bits per heavy atom. The third-order valence-electron chi connectivity index (χ3n) is 3.04. The fraction of sp³-hybridized carbons (Fsp3) is 0.125. The van der Waals surface area contributed by atoms with Crippen LogP contribution in [0.1, 0.15) is 21.5 Å². The first kappa shape index (κ1) is 17.0. The van der Waals surface area contributed by atoms with E-state index in [0.29, 0.717) is 11.1 Å². The first-order valence-corrected chi connectivity index (χ1v) is 8.74.